The smallest absolute Gasteiger partial charge is 0.508 e. The topological polar surface area (TPSA) is 195 Å². The van der Waals surface area contributed by atoms with Gasteiger partial charge in [-0.1, -0.05) is 92.2 Å². The van der Waals surface area contributed by atoms with Crippen molar-refractivity contribution in [1.29, 1.82) is 0 Å². The maximum atomic E-state index is 12.1. The summed E-state index contributed by atoms with van der Waals surface area (Å²) in [6.45, 7) is 16.9. The van der Waals surface area contributed by atoms with Crippen molar-refractivity contribution < 1.29 is 72.3 Å². The van der Waals surface area contributed by atoms with E-state index in [0.717, 1.165) is 43.1 Å². The molecular formula is C93H96O15S4+4. The van der Waals surface area contributed by atoms with Crippen LogP contribution in [0.1, 0.15) is 72.1 Å². The van der Waals surface area contributed by atoms with Crippen LogP contribution in [-0.2, 0) is 71.0 Å². The number of rotatable bonds is 22. The molecule has 0 aliphatic heterocycles. The van der Waals surface area contributed by atoms with Crippen LogP contribution in [0.25, 0.3) is 0 Å². The van der Waals surface area contributed by atoms with E-state index in [1.54, 1.807) is 111 Å². The number of aliphatic hydroxyl groups is 2. The largest absolute Gasteiger partial charge is 0.514 e. The minimum absolute atomic E-state index is 0.0547. The van der Waals surface area contributed by atoms with Gasteiger partial charge in [0.05, 0.1) is 84.7 Å². The van der Waals surface area contributed by atoms with Crippen molar-refractivity contribution in [1.82, 2.24) is 0 Å². The fourth-order valence-corrected chi connectivity index (χ4v) is 18.8. The molecule has 3 N–H and O–H groups in total. The van der Waals surface area contributed by atoms with Crippen LogP contribution in [0.5, 0.6) is 40.2 Å². The Morgan fingerprint density at radius 2 is 0.536 bits per heavy atom. The SMILES string of the molecule is CC(C)COC(=O)Oc1ccc([S+](c2ccc(OC(=O)OC(C)(C)C)cc2)c2ccc(OC(=O)OC(C)(C)C)cc2)cc1.COc1ccc([S+](c2ccc(C)cc2)c2ccc(CO)cc2)cc1.COc1ccc([S+](c2ccc(CO)cc2)c2ccc(OC)cc2)cc1.Oc1ccc([S+](c2ccccc2)c2ccccc2)cc1. The van der Waals surface area contributed by atoms with Crippen LogP contribution in [0, 0.1) is 12.8 Å². The molecule has 0 spiro atoms. The first-order valence-electron chi connectivity index (χ1n) is 36.1. The standard InChI is InChI=1S/C33H39O9S.C21H21O3S.C21H21O2S.C18H14OS/c1-22(2)21-37-29(34)38-23-9-15-26(16-10-23)43(27-17-11-24(12-18-27)39-30(35)41-32(3,4)5)28-19-13-25(14-20-28)40-31(36)42-33(6,7)8;1-23-17-5-11-20(12-6-17)25(19-9-3-16(15-22)4-10-19)21-13-7-18(24-2)8-14-21;1-16-3-9-19(10-4-16)24(20-11-5-17(15-22)6-12-20)21-13-7-18(23-2)8-14-21;19-15-11-13-18(14-12-15)20(16-7-3-1-4-8-16)17-9-5-2-6-10-17/h9-20,22H,21H2,1-8H3;3-14,22H,15H2,1-2H3;3-14,22H,15H2,1-2H3;1-14H/q3*+1;/p+1. The maximum absolute atomic E-state index is 12.1. The summed E-state index contributed by atoms with van der Waals surface area (Å²) < 4.78 is 47.4. The second kappa shape index (κ2) is 41.8. The number of benzene rings is 12. The Hall–Kier alpha value is -11.0. The van der Waals surface area contributed by atoms with E-state index in [2.05, 4.69) is 140 Å². The summed E-state index contributed by atoms with van der Waals surface area (Å²) in [5, 5.41) is 28.1. The average molecular weight is 1580 g/mol. The highest BCUT2D eigenvalue weighted by atomic mass is 32.2. The third-order valence-electron chi connectivity index (χ3n) is 16.0. The lowest BCUT2D eigenvalue weighted by atomic mass is 10.2. The number of ether oxygens (including phenoxy) is 9. The maximum Gasteiger partial charge on any atom is 0.514 e. The Bertz CT molecular complexity index is 4560. The second-order valence-corrected chi connectivity index (χ2v) is 35.5. The molecule has 12 aromatic carbocycles. The highest BCUT2D eigenvalue weighted by molar-refractivity contribution is 7.98. The van der Waals surface area contributed by atoms with Crippen LogP contribution in [0.3, 0.4) is 0 Å². The molecule has 578 valence electrons. The molecule has 0 aliphatic carbocycles. The van der Waals surface area contributed by atoms with Gasteiger partial charge in [-0.15, -0.1) is 0 Å². The molecule has 12 aromatic rings. The van der Waals surface area contributed by atoms with Gasteiger partial charge in [0.1, 0.15) is 51.4 Å². The molecule has 12 rings (SSSR count). The summed E-state index contributed by atoms with van der Waals surface area (Å²) in [6.07, 6.45) is -2.34. The zero-order valence-corrected chi connectivity index (χ0v) is 68.2. The molecule has 0 saturated carbocycles. The molecule has 0 radical (unpaired) electrons. The Balaban J connectivity index is 0.000000180. The lowest BCUT2D eigenvalue weighted by Crippen LogP contribution is -2.26. The number of hydrogen-bond donors (Lipinski definition) is 3. The van der Waals surface area contributed by atoms with E-state index in [1.807, 2.05) is 135 Å². The van der Waals surface area contributed by atoms with Crippen molar-refractivity contribution in [2.24, 2.45) is 5.92 Å². The minimum Gasteiger partial charge on any atom is -0.508 e. The number of hydrogen-bond acceptors (Lipinski definition) is 15. The van der Waals surface area contributed by atoms with Crippen molar-refractivity contribution in [2.75, 3.05) is 27.9 Å². The third-order valence-corrected chi connectivity index (χ3v) is 24.9. The van der Waals surface area contributed by atoms with Crippen molar-refractivity contribution in [2.45, 2.75) is 145 Å². The van der Waals surface area contributed by atoms with E-state index in [9.17, 15) is 29.7 Å². The summed E-state index contributed by atoms with van der Waals surface area (Å²) in [4.78, 5) is 50.2. The quantitative estimate of drug-likeness (QED) is 0.0251. The van der Waals surface area contributed by atoms with Gasteiger partial charge in [-0.25, -0.2) is 14.4 Å². The summed E-state index contributed by atoms with van der Waals surface area (Å²) in [6, 6.07) is 99.5. The average Bonchev–Trinajstić information content (AvgIpc) is 0.819. The summed E-state index contributed by atoms with van der Waals surface area (Å²) in [7, 11) is 3.84. The number of phenolic OH excluding ortho intramolecular Hbond substituents is 1. The molecule has 1 atom stereocenters. The van der Waals surface area contributed by atoms with E-state index in [4.69, 9.17) is 42.6 Å². The van der Waals surface area contributed by atoms with Gasteiger partial charge in [-0.05, 0) is 296 Å². The van der Waals surface area contributed by atoms with Gasteiger partial charge in [-0.3, -0.25) is 0 Å². The molecule has 0 amide bonds. The van der Waals surface area contributed by atoms with Gasteiger partial charge in [0.2, 0.25) is 0 Å². The summed E-state index contributed by atoms with van der Waals surface area (Å²) in [5.41, 5.74) is 1.75. The Kier molecular flexibility index (Phi) is 31.8. The zero-order chi connectivity index (χ0) is 80.2. The molecule has 112 heavy (non-hydrogen) atoms. The zero-order valence-electron chi connectivity index (χ0n) is 64.9. The van der Waals surface area contributed by atoms with Gasteiger partial charge in [0, 0.05) is 0 Å². The number of aromatic hydroxyl groups is 1. The molecule has 0 aliphatic rings. The summed E-state index contributed by atoms with van der Waals surface area (Å²) in [5.74, 6) is 4.08. The van der Waals surface area contributed by atoms with E-state index in [-0.39, 0.29) is 58.4 Å². The van der Waals surface area contributed by atoms with Crippen LogP contribution < -0.4 is 28.4 Å². The van der Waals surface area contributed by atoms with Gasteiger partial charge < -0.3 is 58.0 Å². The van der Waals surface area contributed by atoms with Crippen LogP contribution in [-0.4, -0.2) is 72.9 Å². The van der Waals surface area contributed by atoms with Crippen molar-refractivity contribution in [3.63, 3.8) is 0 Å². The Morgan fingerprint density at radius 1 is 0.312 bits per heavy atom. The van der Waals surface area contributed by atoms with Gasteiger partial charge in [0.25, 0.3) is 0 Å². The van der Waals surface area contributed by atoms with Gasteiger partial charge in [-0.2, -0.15) is 0 Å². The Labute approximate surface area is 669 Å². The van der Waals surface area contributed by atoms with Crippen LogP contribution in [0.2, 0.25) is 0 Å². The van der Waals surface area contributed by atoms with E-state index < -0.39 is 40.6 Å². The van der Waals surface area contributed by atoms with E-state index >= 15 is 0 Å². The number of phenols is 1. The molecule has 0 saturated heterocycles. The monoisotopic (exact) mass is 1580 g/mol. The van der Waals surface area contributed by atoms with Crippen molar-refractivity contribution in [3.8, 4) is 40.2 Å². The minimum atomic E-state index is -0.790. The molecule has 0 aromatic heterocycles. The predicted molar refractivity (Wildman–Crippen MR) is 444 cm³/mol. The molecule has 0 heterocycles. The lowest BCUT2D eigenvalue weighted by Gasteiger charge is -2.18. The normalized spacial score (nSPS) is 11.3. The summed E-state index contributed by atoms with van der Waals surface area (Å²) >= 11 is 0. The third kappa shape index (κ3) is 26.3. The van der Waals surface area contributed by atoms with Crippen LogP contribution in [0.15, 0.2) is 362 Å². The Morgan fingerprint density at radius 3 is 0.777 bits per heavy atom. The highest BCUT2D eigenvalue weighted by Gasteiger charge is 2.34. The van der Waals surface area contributed by atoms with E-state index in [1.165, 1.54) is 49.6 Å². The van der Waals surface area contributed by atoms with Gasteiger partial charge in [0.15, 0.2) is 58.7 Å². The highest BCUT2D eigenvalue weighted by Crippen LogP contribution is 2.38. The number of aryl methyl sites for hydroxylation is 1. The molecule has 1 unspecified atom stereocenters. The molecule has 19 heteroatoms. The number of carbonyl (C=O) groups excluding carboxylic acids is 3. The molecule has 0 bridgehead atoms. The number of aliphatic hydroxyl groups excluding tert-OH is 2. The van der Waals surface area contributed by atoms with Crippen molar-refractivity contribution >= 4 is 62.0 Å². The first kappa shape index (κ1) is 85.0. The lowest BCUT2D eigenvalue weighted by molar-refractivity contribution is 0.0193. The van der Waals surface area contributed by atoms with E-state index in [0.29, 0.717) is 23.0 Å². The number of methoxy groups -OCH3 is 3. The van der Waals surface area contributed by atoms with Gasteiger partial charge >= 0.3 is 18.5 Å². The fourth-order valence-electron chi connectivity index (χ4n) is 10.6. The molecule has 0 fully saturated rings. The van der Waals surface area contributed by atoms with Crippen LogP contribution >= 0.6 is 0 Å². The first-order valence-corrected chi connectivity index (χ1v) is 41.0. The predicted octanol–water partition coefficient (Wildman–Crippen LogP) is 22.0. The number of carbonyl (C=O) groups is 3. The fraction of sp³-hybridized carbons (Fsp3) is 0.194. The van der Waals surface area contributed by atoms with Crippen molar-refractivity contribution in [3.05, 3.63) is 320 Å². The van der Waals surface area contributed by atoms with Crippen LogP contribution in [0.4, 0.5) is 14.4 Å². The first-order chi connectivity index (χ1) is 53.9. The molecular weight excluding hydrogens is 1490 g/mol. The molecule has 15 nitrogen and oxygen atoms in total. The second-order valence-electron chi connectivity index (χ2n) is 27.4.